The van der Waals surface area contributed by atoms with Gasteiger partial charge in [-0.15, -0.1) is 0 Å². The highest BCUT2D eigenvalue weighted by molar-refractivity contribution is 7.89. The van der Waals surface area contributed by atoms with Crippen molar-refractivity contribution in [2.24, 2.45) is 7.05 Å². The maximum Gasteiger partial charge on any atom is 0.248 e. The standard InChI is InChI=1S/C10H18N4O3S/c1-7-9(10(11)12-13(7)2)18(16,17)14(5-6-15)8-3-4-8/h8,15H,3-6H2,1-2H3,(H2,11,12). The van der Waals surface area contributed by atoms with Gasteiger partial charge >= 0.3 is 0 Å². The van der Waals surface area contributed by atoms with E-state index in [1.165, 1.54) is 8.99 Å². The number of aryl methyl sites for hydroxylation is 1. The van der Waals surface area contributed by atoms with Gasteiger partial charge in [-0.2, -0.15) is 9.40 Å². The van der Waals surface area contributed by atoms with Crippen molar-refractivity contribution in [2.45, 2.75) is 30.7 Å². The van der Waals surface area contributed by atoms with Crippen LogP contribution in [-0.4, -0.2) is 46.8 Å². The lowest BCUT2D eigenvalue weighted by Gasteiger charge is -2.20. The van der Waals surface area contributed by atoms with E-state index in [0.29, 0.717) is 5.69 Å². The molecule has 1 saturated carbocycles. The first-order valence-electron chi connectivity index (χ1n) is 5.81. The molecule has 0 atom stereocenters. The minimum atomic E-state index is -3.68. The summed E-state index contributed by atoms with van der Waals surface area (Å²) in [6.07, 6.45) is 1.66. The molecule has 0 radical (unpaired) electrons. The van der Waals surface area contributed by atoms with Gasteiger partial charge in [-0.25, -0.2) is 8.42 Å². The van der Waals surface area contributed by atoms with Gasteiger partial charge in [0.1, 0.15) is 4.90 Å². The lowest BCUT2D eigenvalue weighted by molar-refractivity contribution is 0.250. The summed E-state index contributed by atoms with van der Waals surface area (Å²) in [7, 11) is -2.02. The van der Waals surface area contributed by atoms with E-state index in [-0.39, 0.29) is 29.9 Å². The molecule has 0 aromatic carbocycles. The van der Waals surface area contributed by atoms with E-state index in [1.54, 1.807) is 14.0 Å². The minimum Gasteiger partial charge on any atom is -0.395 e. The number of nitrogens with zero attached hydrogens (tertiary/aromatic N) is 3. The molecule has 0 spiro atoms. The van der Waals surface area contributed by atoms with Gasteiger partial charge in [0.2, 0.25) is 10.0 Å². The molecule has 1 aliphatic carbocycles. The topological polar surface area (TPSA) is 101 Å². The third-order valence-corrected chi connectivity index (χ3v) is 5.26. The average Bonchev–Trinajstić information content (AvgIpc) is 3.04. The predicted octanol–water partition coefficient (Wildman–Crippen LogP) is -0.544. The van der Waals surface area contributed by atoms with Gasteiger partial charge in [0.15, 0.2) is 5.82 Å². The van der Waals surface area contributed by atoms with E-state index in [4.69, 9.17) is 10.8 Å². The van der Waals surface area contributed by atoms with Crippen LogP contribution in [-0.2, 0) is 17.1 Å². The normalized spacial score (nSPS) is 16.4. The predicted molar refractivity (Wildman–Crippen MR) is 66.4 cm³/mol. The maximum absolute atomic E-state index is 12.5. The van der Waals surface area contributed by atoms with Gasteiger partial charge < -0.3 is 10.8 Å². The SMILES string of the molecule is Cc1c(S(=O)(=O)N(CCO)C2CC2)c(N)nn1C. The Labute approximate surface area is 106 Å². The third-order valence-electron chi connectivity index (χ3n) is 3.15. The molecule has 0 amide bonds. The first kappa shape index (κ1) is 13.3. The Kier molecular flexibility index (Phi) is 3.35. The molecule has 3 N–H and O–H groups in total. The van der Waals surface area contributed by atoms with Gasteiger partial charge in [0.25, 0.3) is 0 Å². The fourth-order valence-electron chi connectivity index (χ4n) is 2.01. The Balaban J connectivity index is 2.46. The second kappa shape index (κ2) is 4.52. The summed E-state index contributed by atoms with van der Waals surface area (Å²) in [6.45, 7) is 1.57. The van der Waals surface area contributed by atoms with Gasteiger partial charge in [0, 0.05) is 19.6 Å². The molecule has 2 rings (SSSR count). The number of aliphatic hydroxyl groups is 1. The third kappa shape index (κ3) is 2.11. The summed E-state index contributed by atoms with van der Waals surface area (Å²) in [5.74, 6) is 0.0126. The quantitative estimate of drug-likeness (QED) is 0.750. The highest BCUT2D eigenvalue weighted by atomic mass is 32.2. The van der Waals surface area contributed by atoms with E-state index < -0.39 is 10.0 Å². The molecular weight excluding hydrogens is 256 g/mol. The van der Waals surface area contributed by atoms with Crippen molar-refractivity contribution >= 4 is 15.8 Å². The number of nitrogens with two attached hydrogens (primary N) is 1. The van der Waals surface area contributed by atoms with Crippen LogP contribution in [0.25, 0.3) is 0 Å². The molecule has 0 saturated heterocycles. The van der Waals surface area contributed by atoms with Crippen LogP contribution in [0.2, 0.25) is 0 Å². The van der Waals surface area contributed by atoms with E-state index in [1.807, 2.05) is 0 Å². The Morgan fingerprint density at radius 3 is 2.56 bits per heavy atom. The van der Waals surface area contributed by atoms with Crippen LogP contribution in [0.5, 0.6) is 0 Å². The van der Waals surface area contributed by atoms with Crippen molar-refractivity contribution in [1.82, 2.24) is 14.1 Å². The maximum atomic E-state index is 12.5. The molecule has 1 aromatic rings. The van der Waals surface area contributed by atoms with Crippen LogP contribution in [0.15, 0.2) is 4.90 Å². The lowest BCUT2D eigenvalue weighted by atomic mass is 10.5. The van der Waals surface area contributed by atoms with Crippen molar-refractivity contribution in [3.63, 3.8) is 0 Å². The Bertz CT molecular complexity index is 548. The second-order valence-electron chi connectivity index (χ2n) is 4.49. The van der Waals surface area contributed by atoms with Gasteiger partial charge in [-0.1, -0.05) is 0 Å². The highest BCUT2D eigenvalue weighted by Gasteiger charge is 2.40. The molecule has 0 unspecified atom stereocenters. The highest BCUT2D eigenvalue weighted by Crippen LogP contribution is 2.34. The first-order valence-corrected chi connectivity index (χ1v) is 7.25. The summed E-state index contributed by atoms with van der Waals surface area (Å²) >= 11 is 0. The van der Waals surface area contributed by atoms with Crippen LogP contribution in [0, 0.1) is 6.92 Å². The zero-order chi connectivity index (χ0) is 13.5. The van der Waals surface area contributed by atoms with Crippen molar-refractivity contribution in [3.8, 4) is 0 Å². The molecule has 102 valence electrons. The number of hydrogen-bond acceptors (Lipinski definition) is 5. The van der Waals surface area contributed by atoms with Crippen LogP contribution in [0.1, 0.15) is 18.5 Å². The largest absolute Gasteiger partial charge is 0.395 e. The number of rotatable bonds is 5. The van der Waals surface area contributed by atoms with Crippen molar-refractivity contribution in [3.05, 3.63) is 5.69 Å². The Hall–Kier alpha value is -1.12. The second-order valence-corrected chi connectivity index (χ2v) is 6.32. The number of nitrogen functional groups attached to an aromatic ring is 1. The van der Waals surface area contributed by atoms with Crippen molar-refractivity contribution in [2.75, 3.05) is 18.9 Å². The first-order chi connectivity index (χ1) is 8.39. The molecule has 1 aliphatic rings. The Morgan fingerprint density at radius 1 is 1.56 bits per heavy atom. The van der Waals surface area contributed by atoms with Gasteiger partial charge in [0.05, 0.1) is 12.3 Å². The fraction of sp³-hybridized carbons (Fsp3) is 0.700. The monoisotopic (exact) mass is 274 g/mol. The van der Waals surface area contributed by atoms with E-state index >= 15 is 0 Å². The molecular formula is C10H18N4O3S. The smallest absolute Gasteiger partial charge is 0.248 e. The van der Waals surface area contributed by atoms with Crippen LogP contribution >= 0.6 is 0 Å². The number of hydrogen-bond donors (Lipinski definition) is 2. The molecule has 7 nitrogen and oxygen atoms in total. The van der Waals surface area contributed by atoms with Crippen LogP contribution in [0.3, 0.4) is 0 Å². The van der Waals surface area contributed by atoms with E-state index in [2.05, 4.69) is 5.10 Å². The number of anilines is 1. The number of aliphatic hydroxyl groups excluding tert-OH is 1. The molecule has 0 bridgehead atoms. The van der Waals surface area contributed by atoms with Crippen LogP contribution in [0.4, 0.5) is 5.82 Å². The summed E-state index contributed by atoms with van der Waals surface area (Å²) in [5, 5.41) is 12.9. The Morgan fingerprint density at radius 2 is 2.17 bits per heavy atom. The van der Waals surface area contributed by atoms with Gasteiger partial charge in [-0.3, -0.25) is 4.68 Å². The fourth-order valence-corrected chi connectivity index (χ4v) is 3.98. The molecule has 8 heteroatoms. The number of sulfonamides is 1. The van der Waals surface area contributed by atoms with Crippen molar-refractivity contribution < 1.29 is 13.5 Å². The minimum absolute atomic E-state index is 0.0126. The van der Waals surface area contributed by atoms with Crippen molar-refractivity contribution in [1.29, 1.82) is 0 Å². The summed E-state index contributed by atoms with van der Waals surface area (Å²) in [6, 6.07) is -0.0128. The van der Waals surface area contributed by atoms with Crippen LogP contribution < -0.4 is 5.73 Å². The molecule has 1 aromatic heterocycles. The van der Waals surface area contributed by atoms with Gasteiger partial charge in [-0.05, 0) is 19.8 Å². The molecule has 18 heavy (non-hydrogen) atoms. The summed E-state index contributed by atoms with van der Waals surface area (Å²) < 4.78 is 27.9. The zero-order valence-corrected chi connectivity index (χ0v) is 11.3. The average molecular weight is 274 g/mol. The summed E-state index contributed by atoms with van der Waals surface area (Å²) in [5.41, 5.74) is 6.19. The lowest BCUT2D eigenvalue weighted by Crippen LogP contribution is -2.36. The number of aromatic nitrogens is 2. The molecule has 1 fully saturated rings. The zero-order valence-electron chi connectivity index (χ0n) is 10.5. The molecule has 1 heterocycles. The van der Waals surface area contributed by atoms with E-state index in [0.717, 1.165) is 12.8 Å². The molecule has 0 aliphatic heterocycles. The van der Waals surface area contributed by atoms with E-state index in [9.17, 15) is 8.42 Å². The summed E-state index contributed by atoms with van der Waals surface area (Å²) in [4.78, 5) is 0.0605.